The van der Waals surface area contributed by atoms with Gasteiger partial charge in [0.2, 0.25) is 0 Å². The van der Waals surface area contributed by atoms with Crippen molar-refractivity contribution < 1.29 is 68.5 Å². The van der Waals surface area contributed by atoms with Crippen molar-refractivity contribution in [3.63, 3.8) is 0 Å². The Bertz CT molecular complexity index is 451. The van der Waals surface area contributed by atoms with Gasteiger partial charge in [0, 0.05) is 12.5 Å². The van der Waals surface area contributed by atoms with Crippen molar-refractivity contribution in [1.29, 1.82) is 0 Å². The zero-order chi connectivity index (χ0) is 17.6. The molecule has 6 N–H and O–H groups in total. The second kappa shape index (κ2) is 11.2. The van der Waals surface area contributed by atoms with Gasteiger partial charge in [-0.25, -0.2) is 4.57 Å². The number of aliphatic imine (C=N–C) groups is 1. The van der Waals surface area contributed by atoms with Crippen LogP contribution in [0.15, 0.2) is 4.99 Å². The van der Waals surface area contributed by atoms with Crippen molar-refractivity contribution in [3.05, 3.63) is 0 Å². The predicted molar refractivity (Wildman–Crippen MR) is 78.4 cm³/mol. The molecular formula is C12H24N2NaO8P. The molecule has 0 aliphatic heterocycles. The van der Waals surface area contributed by atoms with Crippen LogP contribution >= 0.6 is 7.82 Å². The van der Waals surface area contributed by atoms with E-state index in [0.717, 1.165) is 6.92 Å². The zero-order valence-electron chi connectivity index (χ0n) is 13.8. The first-order chi connectivity index (χ1) is 10.7. The van der Waals surface area contributed by atoms with Crippen molar-refractivity contribution in [2.24, 2.45) is 16.6 Å². The largest absolute Gasteiger partial charge is 1.00 e. The molecule has 0 saturated heterocycles. The number of nitrogens with zero attached hydrogens (tertiary/aromatic N) is 1. The summed E-state index contributed by atoms with van der Waals surface area (Å²) >= 11 is 0. The monoisotopic (exact) mass is 378 g/mol. The number of phosphoric ester groups is 1. The van der Waals surface area contributed by atoms with E-state index in [0.29, 0.717) is 6.42 Å². The maximum Gasteiger partial charge on any atom is 1.00 e. The normalized spacial score (nSPS) is 33.6. The van der Waals surface area contributed by atoms with E-state index in [1.54, 1.807) is 0 Å². The summed E-state index contributed by atoms with van der Waals surface area (Å²) in [6, 6.07) is -1.23. The Kier molecular flexibility index (Phi) is 11.4. The Balaban J connectivity index is 0.00000529. The third-order valence-electron chi connectivity index (χ3n) is 3.54. The summed E-state index contributed by atoms with van der Waals surface area (Å²) in [7, 11) is -4.46. The number of rotatable bonds is 8. The second-order valence-electron chi connectivity index (χ2n) is 5.39. The summed E-state index contributed by atoms with van der Waals surface area (Å²) in [5.74, 6) is -1.41. The number of phosphoric acid groups is 1. The Hall–Kier alpha value is 0.420. The van der Waals surface area contributed by atoms with Crippen LogP contribution in [0.1, 0.15) is 19.8 Å². The van der Waals surface area contributed by atoms with Crippen LogP contribution in [0.3, 0.4) is 0 Å². The van der Waals surface area contributed by atoms with Crippen molar-refractivity contribution >= 4 is 13.7 Å². The Morgan fingerprint density at radius 1 is 1.42 bits per heavy atom. The van der Waals surface area contributed by atoms with Gasteiger partial charge in [0.15, 0.2) is 0 Å². The average Bonchev–Trinajstić information content (AvgIpc) is 2.46. The van der Waals surface area contributed by atoms with Gasteiger partial charge in [-0.15, -0.1) is 0 Å². The molecule has 0 aromatic carbocycles. The number of nitrogens with two attached hydrogens (primary N) is 1. The van der Waals surface area contributed by atoms with E-state index < -0.39 is 50.6 Å². The van der Waals surface area contributed by atoms with E-state index in [-0.39, 0.29) is 49.1 Å². The van der Waals surface area contributed by atoms with Gasteiger partial charge >= 0.3 is 37.4 Å². The van der Waals surface area contributed by atoms with Gasteiger partial charge in [-0.3, -0.25) is 14.0 Å². The minimum Gasteiger partial charge on any atom is -0.862 e. The van der Waals surface area contributed by atoms with Crippen LogP contribution in [0.25, 0.3) is 0 Å². The third-order valence-corrected chi connectivity index (χ3v) is 4.58. The van der Waals surface area contributed by atoms with E-state index in [1.165, 1.54) is 0 Å². The fraction of sp³-hybridized carbons (Fsp3) is 0.917. The first-order valence-electron chi connectivity index (χ1n) is 7.26. The smallest absolute Gasteiger partial charge is 0.862 e. The van der Waals surface area contributed by atoms with Crippen molar-refractivity contribution in [1.82, 2.24) is 0 Å². The van der Waals surface area contributed by atoms with Crippen LogP contribution in [0, 0.1) is 5.92 Å². The van der Waals surface area contributed by atoms with Gasteiger partial charge in [0.25, 0.3) is 0 Å². The summed E-state index contributed by atoms with van der Waals surface area (Å²) in [6.07, 6.45) is -3.73. The molecule has 1 aliphatic carbocycles. The molecule has 24 heavy (non-hydrogen) atoms. The van der Waals surface area contributed by atoms with Crippen LogP contribution in [0.5, 0.6) is 0 Å². The SMILES string of the molecule is CC([O-])=N[C@H]1[C@@H](O)[C@H](O)[C@@H](CO)C[C@@H]1OP(=O)(O)OCCCN.[Na+]. The number of aliphatic hydroxyl groups excluding tert-OH is 3. The average molecular weight is 378 g/mol. The molecule has 0 amide bonds. The van der Waals surface area contributed by atoms with Crippen molar-refractivity contribution in [2.45, 2.75) is 44.1 Å². The summed E-state index contributed by atoms with van der Waals surface area (Å²) in [4.78, 5) is 13.3. The Morgan fingerprint density at radius 2 is 2.04 bits per heavy atom. The molecule has 10 nitrogen and oxygen atoms in total. The van der Waals surface area contributed by atoms with Crippen LogP contribution in [-0.4, -0.2) is 70.2 Å². The maximum atomic E-state index is 11.9. The molecule has 0 bridgehead atoms. The summed E-state index contributed by atoms with van der Waals surface area (Å²) in [5, 5.41) is 40.4. The fourth-order valence-electron chi connectivity index (χ4n) is 2.40. The second-order valence-corrected chi connectivity index (χ2v) is 6.79. The molecule has 1 aliphatic rings. The van der Waals surface area contributed by atoms with Crippen LogP contribution < -0.4 is 40.4 Å². The topological polar surface area (TPSA) is 178 Å². The summed E-state index contributed by atoms with van der Waals surface area (Å²) in [6.45, 7) is 0.850. The minimum atomic E-state index is -4.46. The number of hydrogen-bond acceptors (Lipinski definition) is 9. The van der Waals surface area contributed by atoms with Gasteiger partial charge in [-0.05, 0) is 32.2 Å². The van der Waals surface area contributed by atoms with Crippen molar-refractivity contribution in [3.8, 4) is 0 Å². The van der Waals surface area contributed by atoms with E-state index in [9.17, 15) is 29.9 Å². The predicted octanol–water partition coefficient (Wildman–Crippen LogP) is -5.28. The zero-order valence-corrected chi connectivity index (χ0v) is 16.7. The fourth-order valence-corrected chi connectivity index (χ4v) is 3.37. The molecule has 136 valence electrons. The molecule has 1 rings (SSSR count). The third kappa shape index (κ3) is 7.35. The van der Waals surface area contributed by atoms with Gasteiger partial charge in [-0.2, -0.15) is 0 Å². The summed E-state index contributed by atoms with van der Waals surface area (Å²) < 4.78 is 21.7. The minimum absolute atomic E-state index is 0. The molecule has 12 heteroatoms. The molecule has 0 spiro atoms. The molecule has 1 fully saturated rings. The standard InChI is InChI=1S/C12H25N2O8P.Na/c1-7(16)14-10-9(5-8(6-15)11(17)12(10)18)22-23(19,20)21-4-2-3-13;/h8-12,15,17-18H,2-6,13H2,1H3,(H,14,16)(H,19,20);/q;+1/p-1/t8-,9+,10-,11-,12-;/m1./s1. The molecular weight excluding hydrogens is 354 g/mol. The Morgan fingerprint density at radius 3 is 2.54 bits per heavy atom. The molecule has 0 aromatic heterocycles. The molecule has 1 unspecified atom stereocenters. The molecule has 0 heterocycles. The Labute approximate surface area is 162 Å². The summed E-state index contributed by atoms with van der Waals surface area (Å²) in [5.41, 5.74) is 5.26. The van der Waals surface area contributed by atoms with Gasteiger partial charge < -0.3 is 31.1 Å². The molecule has 0 radical (unpaired) electrons. The van der Waals surface area contributed by atoms with Crippen LogP contribution in [-0.2, 0) is 13.6 Å². The van der Waals surface area contributed by atoms with E-state index in [2.05, 4.69) is 4.99 Å². The van der Waals surface area contributed by atoms with E-state index in [1.807, 2.05) is 0 Å². The van der Waals surface area contributed by atoms with E-state index in [4.69, 9.17) is 14.8 Å². The number of aliphatic hydroxyl groups is 3. The first kappa shape index (κ1) is 24.4. The first-order valence-corrected chi connectivity index (χ1v) is 8.75. The number of hydrogen-bond donors (Lipinski definition) is 5. The molecule has 1 saturated carbocycles. The van der Waals surface area contributed by atoms with Crippen LogP contribution in [0.2, 0.25) is 0 Å². The maximum absolute atomic E-state index is 11.9. The van der Waals surface area contributed by atoms with Crippen molar-refractivity contribution in [2.75, 3.05) is 19.8 Å². The van der Waals surface area contributed by atoms with E-state index >= 15 is 0 Å². The molecule has 0 aromatic rings. The van der Waals surface area contributed by atoms with Gasteiger partial charge in [0.1, 0.15) is 12.1 Å². The quantitative estimate of drug-likeness (QED) is 0.0907. The van der Waals surface area contributed by atoms with Crippen LogP contribution in [0.4, 0.5) is 0 Å². The molecule has 6 atom stereocenters. The van der Waals surface area contributed by atoms with Gasteiger partial charge in [-0.1, -0.05) is 0 Å². The van der Waals surface area contributed by atoms with Gasteiger partial charge in [0.05, 0.1) is 18.8 Å².